The number of benzene rings is 1. The van der Waals surface area contributed by atoms with Gasteiger partial charge in [0.15, 0.2) is 0 Å². The summed E-state index contributed by atoms with van der Waals surface area (Å²) in [6, 6.07) is 7.12. The van der Waals surface area contributed by atoms with E-state index in [-0.39, 0.29) is 0 Å². The standard InChI is InChI=1S/C17H29N/c1-5-7-10-17-12-11-15(14-16(17)6-2)9-8-13-18(3)4/h11-12,14H,5-10,13H2,1-4H3. The molecule has 0 aromatic heterocycles. The smallest absolute Gasteiger partial charge is 0.00217 e. The van der Waals surface area contributed by atoms with Crippen LogP contribution in [0.2, 0.25) is 0 Å². The fourth-order valence-corrected chi connectivity index (χ4v) is 2.37. The zero-order chi connectivity index (χ0) is 13.4. The molecule has 0 bridgehead atoms. The number of aryl methyl sites for hydroxylation is 3. The Morgan fingerprint density at radius 3 is 2.33 bits per heavy atom. The Labute approximate surface area is 113 Å². The highest BCUT2D eigenvalue weighted by molar-refractivity contribution is 5.32. The van der Waals surface area contributed by atoms with E-state index in [1.807, 2.05) is 0 Å². The molecule has 1 rings (SSSR count). The highest BCUT2D eigenvalue weighted by Gasteiger charge is 2.03. The van der Waals surface area contributed by atoms with Gasteiger partial charge in [0.05, 0.1) is 0 Å². The molecule has 1 nitrogen and oxygen atoms in total. The Morgan fingerprint density at radius 2 is 1.72 bits per heavy atom. The van der Waals surface area contributed by atoms with Crippen LogP contribution in [0.4, 0.5) is 0 Å². The van der Waals surface area contributed by atoms with E-state index in [4.69, 9.17) is 0 Å². The molecule has 0 radical (unpaired) electrons. The number of nitrogens with zero attached hydrogens (tertiary/aromatic N) is 1. The van der Waals surface area contributed by atoms with Crippen molar-refractivity contribution in [2.45, 2.75) is 52.4 Å². The van der Waals surface area contributed by atoms with E-state index >= 15 is 0 Å². The first kappa shape index (κ1) is 15.2. The van der Waals surface area contributed by atoms with E-state index in [0.717, 1.165) is 0 Å². The van der Waals surface area contributed by atoms with Crippen molar-refractivity contribution < 1.29 is 0 Å². The van der Waals surface area contributed by atoms with Crippen molar-refractivity contribution in [2.24, 2.45) is 0 Å². The molecule has 0 unspecified atom stereocenters. The summed E-state index contributed by atoms with van der Waals surface area (Å²) >= 11 is 0. The largest absolute Gasteiger partial charge is 0.309 e. The van der Waals surface area contributed by atoms with Crippen LogP contribution in [0.3, 0.4) is 0 Å². The second-order valence-electron chi connectivity index (χ2n) is 5.47. The molecule has 0 aliphatic rings. The van der Waals surface area contributed by atoms with Crippen LogP contribution in [-0.4, -0.2) is 25.5 Å². The van der Waals surface area contributed by atoms with E-state index in [2.05, 4.69) is 51.0 Å². The van der Waals surface area contributed by atoms with Gasteiger partial charge in [0, 0.05) is 0 Å². The van der Waals surface area contributed by atoms with Crippen molar-refractivity contribution in [3.63, 3.8) is 0 Å². The average Bonchev–Trinajstić information content (AvgIpc) is 2.36. The molecule has 1 aromatic rings. The fourth-order valence-electron chi connectivity index (χ4n) is 2.37. The predicted molar refractivity (Wildman–Crippen MR) is 81.3 cm³/mol. The molecule has 0 saturated heterocycles. The van der Waals surface area contributed by atoms with Gasteiger partial charge in [-0.1, -0.05) is 38.5 Å². The quantitative estimate of drug-likeness (QED) is 0.669. The van der Waals surface area contributed by atoms with Gasteiger partial charge in [-0.25, -0.2) is 0 Å². The van der Waals surface area contributed by atoms with E-state index < -0.39 is 0 Å². The Kier molecular flexibility index (Phi) is 7.04. The van der Waals surface area contributed by atoms with Crippen molar-refractivity contribution >= 4 is 0 Å². The molecule has 0 aliphatic heterocycles. The van der Waals surface area contributed by atoms with Crippen LogP contribution >= 0.6 is 0 Å². The Hall–Kier alpha value is -0.820. The second-order valence-corrected chi connectivity index (χ2v) is 5.47. The second kappa shape index (κ2) is 8.31. The summed E-state index contributed by atoms with van der Waals surface area (Å²) in [6.07, 6.45) is 7.47. The number of rotatable bonds is 8. The minimum absolute atomic E-state index is 1.17. The molecular formula is C17H29N. The third kappa shape index (κ3) is 5.22. The molecule has 0 saturated carbocycles. The molecule has 0 fully saturated rings. The lowest BCUT2D eigenvalue weighted by Gasteiger charge is -2.12. The van der Waals surface area contributed by atoms with Crippen molar-refractivity contribution in [2.75, 3.05) is 20.6 Å². The van der Waals surface area contributed by atoms with Crippen LogP contribution in [0.5, 0.6) is 0 Å². The third-order valence-electron chi connectivity index (χ3n) is 3.52. The molecule has 1 aromatic carbocycles. The van der Waals surface area contributed by atoms with Gasteiger partial charge in [-0.3, -0.25) is 0 Å². The zero-order valence-electron chi connectivity index (χ0n) is 12.6. The molecule has 0 aliphatic carbocycles. The zero-order valence-corrected chi connectivity index (χ0v) is 12.6. The maximum Gasteiger partial charge on any atom is -0.00217 e. The molecular weight excluding hydrogens is 218 g/mol. The molecule has 0 spiro atoms. The minimum atomic E-state index is 1.17. The van der Waals surface area contributed by atoms with E-state index in [1.54, 1.807) is 11.1 Å². The van der Waals surface area contributed by atoms with E-state index in [0.29, 0.717) is 0 Å². The van der Waals surface area contributed by atoms with Gasteiger partial charge >= 0.3 is 0 Å². The minimum Gasteiger partial charge on any atom is -0.309 e. The summed E-state index contributed by atoms with van der Waals surface area (Å²) in [5, 5.41) is 0. The Bertz CT molecular complexity index is 341. The summed E-state index contributed by atoms with van der Waals surface area (Å²) in [7, 11) is 4.29. The van der Waals surface area contributed by atoms with Crippen molar-refractivity contribution in [1.82, 2.24) is 4.90 Å². The molecule has 0 atom stereocenters. The monoisotopic (exact) mass is 247 g/mol. The van der Waals surface area contributed by atoms with Crippen molar-refractivity contribution in [3.8, 4) is 0 Å². The molecule has 0 N–H and O–H groups in total. The third-order valence-corrected chi connectivity index (χ3v) is 3.52. The molecule has 1 heteroatoms. The van der Waals surface area contributed by atoms with E-state index in [9.17, 15) is 0 Å². The summed E-state index contributed by atoms with van der Waals surface area (Å²) in [6.45, 7) is 5.72. The van der Waals surface area contributed by atoms with Crippen molar-refractivity contribution in [3.05, 3.63) is 34.9 Å². The van der Waals surface area contributed by atoms with Gasteiger partial charge in [-0.15, -0.1) is 0 Å². The topological polar surface area (TPSA) is 3.24 Å². The SMILES string of the molecule is CCCCc1ccc(CCCN(C)C)cc1CC. The number of hydrogen-bond donors (Lipinski definition) is 0. The van der Waals surface area contributed by atoms with Crippen LogP contribution in [0.25, 0.3) is 0 Å². The van der Waals surface area contributed by atoms with Crippen LogP contribution in [0.1, 0.15) is 49.8 Å². The van der Waals surface area contributed by atoms with Gasteiger partial charge < -0.3 is 4.90 Å². The first-order chi connectivity index (χ1) is 8.67. The van der Waals surface area contributed by atoms with Crippen LogP contribution < -0.4 is 0 Å². The molecule has 18 heavy (non-hydrogen) atoms. The summed E-state index contributed by atoms with van der Waals surface area (Å²) < 4.78 is 0. The lowest BCUT2D eigenvalue weighted by molar-refractivity contribution is 0.400. The van der Waals surface area contributed by atoms with Gasteiger partial charge in [-0.2, -0.15) is 0 Å². The first-order valence-corrected chi connectivity index (χ1v) is 7.42. The Balaban J connectivity index is 2.60. The highest BCUT2D eigenvalue weighted by Crippen LogP contribution is 2.16. The normalized spacial score (nSPS) is 11.2. The van der Waals surface area contributed by atoms with Crippen LogP contribution in [0.15, 0.2) is 18.2 Å². The highest BCUT2D eigenvalue weighted by atomic mass is 15.0. The van der Waals surface area contributed by atoms with Gasteiger partial charge in [0.25, 0.3) is 0 Å². The maximum atomic E-state index is 2.43. The number of unbranched alkanes of at least 4 members (excludes halogenated alkanes) is 1. The van der Waals surface area contributed by atoms with Gasteiger partial charge in [0.2, 0.25) is 0 Å². The molecule has 0 heterocycles. The molecule has 0 amide bonds. The van der Waals surface area contributed by atoms with Crippen molar-refractivity contribution in [1.29, 1.82) is 0 Å². The van der Waals surface area contributed by atoms with Crippen LogP contribution in [0, 0.1) is 0 Å². The Morgan fingerprint density at radius 1 is 0.944 bits per heavy atom. The van der Waals surface area contributed by atoms with Gasteiger partial charge in [-0.05, 0) is 69.4 Å². The number of hydrogen-bond acceptors (Lipinski definition) is 1. The molecule has 102 valence electrons. The summed E-state index contributed by atoms with van der Waals surface area (Å²) in [4.78, 5) is 2.26. The lowest BCUT2D eigenvalue weighted by Crippen LogP contribution is -2.13. The average molecular weight is 247 g/mol. The maximum absolute atomic E-state index is 2.43. The van der Waals surface area contributed by atoms with Gasteiger partial charge in [0.1, 0.15) is 0 Å². The lowest BCUT2D eigenvalue weighted by atomic mass is 9.96. The summed E-state index contributed by atoms with van der Waals surface area (Å²) in [5.41, 5.74) is 4.63. The van der Waals surface area contributed by atoms with Crippen LogP contribution in [-0.2, 0) is 19.3 Å². The fraction of sp³-hybridized carbons (Fsp3) is 0.647. The summed E-state index contributed by atoms with van der Waals surface area (Å²) in [5.74, 6) is 0. The van der Waals surface area contributed by atoms with E-state index in [1.165, 1.54) is 50.6 Å². The predicted octanol–water partition coefficient (Wildman–Crippen LogP) is 4.09. The first-order valence-electron chi connectivity index (χ1n) is 7.42.